The third-order valence-corrected chi connectivity index (χ3v) is 4.30. The van der Waals surface area contributed by atoms with Gasteiger partial charge in [0.1, 0.15) is 5.82 Å². The summed E-state index contributed by atoms with van der Waals surface area (Å²) in [4.78, 5) is 11.6. The Hall–Kier alpha value is -2.14. The minimum Gasteiger partial charge on any atom is -0.383 e. The fourth-order valence-corrected chi connectivity index (χ4v) is 3.22. The Morgan fingerprint density at radius 3 is 3.00 bits per heavy atom. The number of nitrogens with one attached hydrogen (secondary N) is 1. The van der Waals surface area contributed by atoms with E-state index in [1.165, 1.54) is 11.3 Å². The molecule has 2 aliphatic heterocycles. The highest BCUT2D eigenvalue weighted by Gasteiger charge is 2.23. The van der Waals surface area contributed by atoms with E-state index in [-0.39, 0.29) is 0 Å². The van der Waals surface area contributed by atoms with E-state index in [1.807, 2.05) is 0 Å². The number of nitrogens with zero attached hydrogens (tertiary/aromatic N) is 3. The van der Waals surface area contributed by atoms with Gasteiger partial charge in [0.15, 0.2) is 0 Å². The monoisotopic (exact) mass is 281 g/mol. The molecule has 0 unspecified atom stereocenters. The molecule has 0 spiro atoms. The Morgan fingerprint density at radius 1 is 1.14 bits per heavy atom. The summed E-state index contributed by atoms with van der Waals surface area (Å²) >= 11 is 0. The third-order valence-electron chi connectivity index (χ3n) is 4.30. The fourth-order valence-electron chi connectivity index (χ4n) is 3.22. The second-order valence-corrected chi connectivity index (χ2v) is 5.64. The van der Waals surface area contributed by atoms with Crippen molar-refractivity contribution in [3.63, 3.8) is 0 Å². The molecule has 0 bridgehead atoms. The topological polar surface area (TPSA) is 67.1 Å². The average molecular weight is 281 g/mol. The molecule has 5 heteroatoms. The Bertz CT molecular complexity index is 682. The molecule has 0 fully saturated rings. The summed E-state index contributed by atoms with van der Waals surface area (Å²) in [5.74, 6) is 1.37. The maximum atomic E-state index is 6.15. The highest BCUT2D eigenvalue weighted by molar-refractivity contribution is 5.64. The molecule has 2 aliphatic rings. The number of anilines is 3. The summed E-state index contributed by atoms with van der Waals surface area (Å²) in [7, 11) is 0. The molecule has 21 heavy (non-hydrogen) atoms. The lowest BCUT2D eigenvalue weighted by molar-refractivity contribution is 0.626. The lowest BCUT2D eigenvalue weighted by Gasteiger charge is -2.30. The van der Waals surface area contributed by atoms with Crippen molar-refractivity contribution >= 4 is 17.5 Å². The molecule has 5 nitrogen and oxygen atoms in total. The van der Waals surface area contributed by atoms with Gasteiger partial charge in [0.2, 0.25) is 5.95 Å². The number of hydrogen-bond donors (Lipinski definition) is 2. The number of aromatic nitrogens is 2. The largest absolute Gasteiger partial charge is 0.383 e. The van der Waals surface area contributed by atoms with E-state index in [2.05, 4.69) is 39.5 Å². The zero-order valence-corrected chi connectivity index (χ0v) is 12.0. The van der Waals surface area contributed by atoms with Crippen molar-refractivity contribution in [1.82, 2.24) is 15.3 Å². The van der Waals surface area contributed by atoms with Crippen molar-refractivity contribution in [1.29, 1.82) is 0 Å². The molecule has 3 N–H and O–H groups in total. The van der Waals surface area contributed by atoms with E-state index in [9.17, 15) is 0 Å². The van der Waals surface area contributed by atoms with E-state index in [4.69, 9.17) is 10.7 Å². The van der Waals surface area contributed by atoms with Crippen LogP contribution in [-0.2, 0) is 19.4 Å². The second kappa shape index (κ2) is 5.00. The highest BCUT2D eigenvalue weighted by atomic mass is 15.3. The van der Waals surface area contributed by atoms with Crippen LogP contribution in [0.1, 0.15) is 23.2 Å². The zero-order chi connectivity index (χ0) is 14.2. The van der Waals surface area contributed by atoms with Gasteiger partial charge in [-0.3, -0.25) is 0 Å². The number of nitrogens with two attached hydrogens (primary N) is 1. The smallest absolute Gasteiger partial charge is 0.232 e. The molecule has 108 valence electrons. The van der Waals surface area contributed by atoms with Crippen LogP contribution in [0.4, 0.5) is 17.5 Å². The first-order chi connectivity index (χ1) is 10.3. The molecule has 0 saturated heterocycles. The van der Waals surface area contributed by atoms with Gasteiger partial charge < -0.3 is 16.0 Å². The maximum Gasteiger partial charge on any atom is 0.232 e. The number of fused-ring (bicyclic) bond motifs is 2. The molecule has 0 amide bonds. The highest BCUT2D eigenvalue weighted by Crippen LogP contribution is 2.32. The molecule has 0 saturated carbocycles. The van der Waals surface area contributed by atoms with E-state index in [0.29, 0.717) is 5.82 Å². The van der Waals surface area contributed by atoms with E-state index >= 15 is 0 Å². The Balaban J connectivity index is 1.79. The lowest BCUT2D eigenvalue weighted by atomic mass is 10.0. The van der Waals surface area contributed by atoms with Crippen molar-refractivity contribution in [2.75, 3.05) is 23.7 Å². The van der Waals surface area contributed by atoms with E-state index in [0.717, 1.165) is 56.1 Å². The SMILES string of the molecule is Nc1nc(N2CCCc3ccccc32)nc2c1CNCC2. The second-order valence-electron chi connectivity index (χ2n) is 5.64. The van der Waals surface area contributed by atoms with E-state index in [1.54, 1.807) is 0 Å². The number of benzene rings is 1. The van der Waals surface area contributed by atoms with Crippen LogP contribution >= 0.6 is 0 Å². The molecule has 2 aromatic rings. The predicted molar refractivity (Wildman–Crippen MR) is 83.6 cm³/mol. The van der Waals surface area contributed by atoms with Crippen LogP contribution in [-0.4, -0.2) is 23.1 Å². The van der Waals surface area contributed by atoms with Gasteiger partial charge in [-0.25, -0.2) is 4.98 Å². The van der Waals surface area contributed by atoms with Crippen LogP contribution in [0.15, 0.2) is 24.3 Å². The first-order valence-corrected chi connectivity index (χ1v) is 7.54. The summed E-state index contributed by atoms with van der Waals surface area (Å²) in [6.07, 6.45) is 3.17. The van der Waals surface area contributed by atoms with Gasteiger partial charge in [0.05, 0.1) is 5.69 Å². The summed E-state index contributed by atoms with van der Waals surface area (Å²) in [5, 5.41) is 3.32. The minimum atomic E-state index is 0.616. The van der Waals surface area contributed by atoms with Crippen LogP contribution in [0.25, 0.3) is 0 Å². The molecule has 0 aliphatic carbocycles. The van der Waals surface area contributed by atoms with Gasteiger partial charge in [-0.15, -0.1) is 0 Å². The number of nitrogen functional groups attached to an aromatic ring is 1. The first kappa shape index (κ1) is 12.6. The molecule has 0 radical (unpaired) electrons. The molecule has 3 heterocycles. The first-order valence-electron chi connectivity index (χ1n) is 7.54. The summed E-state index contributed by atoms with van der Waals surface area (Å²) < 4.78 is 0. The van der Waals surface area contributed by atoms with Crippen molar-refractivity contribution in [2.24, 2.45) is 0 Å². The summed E-state index contributed by atoms with van der Waals surface area (Å²) in [6.45, 7) is 2.69. The van der Waals surface area contributed by atoms with Crippen LogP contribution in [0.3, 0.4) is 0 Å². The number of rotatable bonds is 1. The van der Waals surface area contributed by atoms with Crippen molar-refractivity contribution in [2.45, 2.75) is 25.8 Å². The van der Waals surface area contributed by atoms with Crippen LogP contribution in [0.2, 0.25) is 0 Å². The number of aryl methyl sites for hydroxylation is 1. The van der Waals surface area contributed by atoms with Gasteiger partial charge in [0.25, 0.3) is 0 Å². The molecular formula is C16H19N5. The van der Waals surface area contributed by atoms with Gasteiger partial charge in [-0.1, -0.05) is 18.2 Å². The van der Waals surface area contributed by atoms with Gasteiger partial charge in [-0.05, 0) is 24.5 Å². The Morgan fingerprint density at radius 2 is 2.05 bits per heavy atom. The van der Waals surface area contributed by atoms with Crippen molar-refractivity contribution in [3.05, 3.63) is 41.1 Å². The van der Waals surface area contributed by atoms with Gasteiger partial charge in [-0.2, -0.15) is 4.98 Å². The van der Waals surface area contributed by atoms with Crippen molar-refractivity contribution < 1.29 is 0 Å². The van der Waals surface area contributed by atoms with Crippen LogP contribution in [0, 0.1) is 0 Å². The maximum absolute atomic E-state index is 6.15. The lowest BCUT2D eigenvalue weighted by Crippen LogP contribution is -2.30. The number of para-hydroxylation sites is 1. The third kappa shape index (κ3) is 2.14. The summed E-state index contributed by atoms with van der Waals surface area (Å²) in [5.41, 5.74) is 10.9. The quantitative estimate of drug-likeness (QED) is 0.834. The molecule has 4 rings (SSSR count). The number of hydrogen-bond acceptors (Lipinski definition) is 5. The molecule has 0 atom stereocenters. The normalized spacial score (nSPS) is 17.2. The molecule has 1 aromatic carbocycles. The van der Waals surface area contributed by atoms with Crippen LogP contribution in [0.5, 0.6) is 0 Å². The van der Waals surface area contributed by atoms with Gasteiger partial charge in [0, 0.05) is 37.3 Å². The predicted octanol–water partition coefficient (Wildman–Crippen LogP) is 1.79. The average Bonchev–Trinajstić information content (AvgIpc) is 2.54. The zero-order valence-electron chi connectivity index (χ0n) is 12.0. The molecular weight excluding hydrogens is 262 g/mol. The Labute approximate surface area is 124 Å². The van der Waals surface area contributed by atoms with Crippen LogP contribution < -0.4 is 16.0 Å². The standard InChI is InChI=1S/C16H19N5/c17-15-12-10-18-8-7-13(12)19-16(20-15)21-9-3-5-11-4-1-2-6-14(11)21/h1-2,4,6,18H,3,5,7-10H2,(H2,17,19,20). The minimum absolute atomic E-state index is 0.616. The Kier molecular flexibility index (Phi) is 3.00. The van der Waals surface area contributed by atoms with Gasteiger partial charge >= 0.3 is 0 Å². The van der Waals surface area contributed by atoms with E-state index < -0.39 is 0 Å². The summed E-state index contributed by atoms with van der Waals surface area (Å²) in [6, 6.07) is 8.50. The fraction of sp³-hybridized carbons (Fsp3) is 0.375. The van der Waals surface area contributed by atoms with Crippen molar-refractivity contribution in [3.8, 4) is 0 Å². The molecule has 1 aromatic heterocycles.